The number of nitrogens with zero attached hydrogens (tertiary/aromatic N) is 3. The van der Waals surface area contributed by atoms with Crippen LogP contribution in [0.5, 0.6) is 5.75 Å². The van der Waals surface area contributed by atoms with Gasteiger partial charge in [0.1, 0.15) is 5.75 Å². The summed E-state index contributed by atoms with van der Waals surface area (Å²) in [6.07, 6.45) is 4.60. The Hall–Kier alpha value is -2.00. The lowest BCUT2D eigenvalue weighted by Crippen LogP contribution is -2.49. The summed E-state index contributed by atoms with van der Waals surface area (Å²) in [7, 11) is -3.63. The van der Waals surface area contributed by atoms with Gasteiger partial charge in [0.15, 0.2) is 0 Å². The normalized spacial score (nSPS) is 15.8. The van der Waals surface area contributed by atoms with Crippen molar-refractivity contribution < 1.29 is 18.3 Å². The van der Waals surface area contributed by atoms with E-state index in [1.165, 1.54) is 9.87 Å². The number of aromatic nitrogens is 1. The molecule has 0 amide bonds. The second-order valence-electron chi connectivity index (χ2n) is 8.19. The van der Waals surface area contributed by atoms with E-state index in [2.05, 4.69) is 22.9 Å². The van der Waals surface area contributed by atoms with E-state index in [4.69, 9.17) is 9.84 Å². The number of pyridine rings is 1. The van der Waals surface area contributed by atoms with Crippen molar-refractivity contribution >= 4 is 10.0 Å². The molecule has 0 radical (unpaired) electrons. The van der Waals surface area contributed by atoms with Crippen LogP contribution in [0, 0.1) is 6.92 Å². The van der Waals surface area contributed by atoms with E-state index < -0.39 is 10.0 Å². The molecule has 1 N–H and O–H groups in total. The molecule has 0 spiro atoms. The molecule has 176 valence electrons. The number of aliphatic hydroxyl groups excluding tert-OH is 1. The molecule has 8 heteroatoms. The van der Waals surface area contributed by atoms with Crippen LogP contribution in [-0.4, -0.2) is 73.7 Å². The van der Waals surface area contributed by atoms with E-state index in [1.54, 1.807) is 24.4 Å². The Morgan fingerprint density at radius 1 is 1.09 bits per heavy atom. The summed E-state index contributed by atoms with van der Waals surface area (Å²) >= 11 is 0. The molecule has 7 nitrogen and oxygen atoms in total. The Labute approximate surface area is 192 Å². The van der Waals surface area contributed by atoms with E-state index in [0.29, 0.717) is 45.1 Å². The first-order chi connectivity index (χ1) is 15.4. The van der Waals surface area contributed by atoms with E-state index in [0.717, 1.165) is 36.1 Å². The van der Waals surface area contributed by atoms with Gasteiger partial charge in [0.25, 0.3) is 0 Å². The smallest absolute Gasteiger partial charge is 0.243 e. The zero-order valence-electron chi connectivity index (χ0n) is 19.4. The molecule has 1 fully saturated rings. The lowest BCUT2D eigenvalue weighted by atomic mass is 10.0. The summed E-state index contributed by atoms with van der Waals surface area (Å²) < 4.78 is 34.3. The summed E-state index contributed by atoms with van der Waals surface area (Å²) in [6.45, 7) is 9.46. The van der Waals surface area contributed by atoms with Crippen molar-refractivity contribution in [3.8, 4) is 16.9 Å². The molecular formula is C24H35N3O4S. The first kappa shape index (κ1) is 24.6. The Morgan fingerprint density at radius 2 is 1.84 bits per heavy atom. The fourth-order valence-corrected chi connectivity index (χ4v) is 5.41. The quantitative estimate of drug-likeness (QED) is 0.585. The summed E-state index contributed by atoms with van der Waals surface area (Å²) in [4.78, 5) is 6.91. The van der Waals surface area contributed by atoms with Crippen LogP contribution in [-0.2, 0) is 16.4 Å². The third-order valence-electron chi connectivity index (χ3n) is 5.82. The number of rotatable bonds is 10. The van der Waals surface area contributed by atoms with Crippen molar-refractivity contribution in [2.45, 2.75) is 44.9 Å². The van der Waals surface area contributed by atoms with Crippen molar-refractivity contribution in [1.82, 2.24) is 14.2 Å². The molecule has 1 aliphatic rings. The van der Waals surface area contributed by atoms with E-state index in [-0.39, 0.29) is 11.5 Å². The minimum absolute atomic E-state index is 0.0833. The van der Waals surface area contributed by atoms with Gasteiger partial charge in [-0.2, -0.15) is 4.31 Å². The molecular weight excluding hydrogens is 426 g/mol. The number of hydrogen-bond donors (Lipinski definition) is 1. The molecule has 32 heavy (non-hydrogen) atoms. The van der Waals surface area contributed by atoms with E-state index in [9.17, 15) is 8.42 Å². The molecule has 2 heterocycles. The number of sulfonamides is 1. The molecule has 3 rings (SSSR count). The fraction of sp³-hybridized carbons (Fsp3) is 0.542. The van der Waals surface area contributed by atoms with Crippen molar-refractivity contribution in [1.29, 1.82) is 0 Å². The lowest BCUT2D eigenvalue weighted by Gasteiger charge is -2.33. The van der Waals surface area contributed by atoms with Gasteiger partial charge < -0.3 is 9.84 Å². The van der Waals surface area contributed by atoms with Crippen molar-refractivity contribution in [3.05, 3.63) is 41.7 Å². The molecule has 0 aliphatic carbocycles. The van der Waals surface area contributed by atoms with Crippen molar-refractivity contribution in [2.24, 2.45) is 0 Å². The highest BCUT2D eigenvalue weighted by molar-refractivity contribution is 7.89. The summed E-state index contributed by atoms with van der Waals surface area (Å²) in [5.74, 6) is 0.673. The molecule has 1 aromatic heterocycles. The highest BCUT2D eigenvalue weighted by Gasteiger charge is 2.29. The molecule has 1 aromatic carbocycles. The second-order valence-corrected chi connectivity index (χ2v) is 10.1. The number of aliphatic hydroxyl groups is 1. The van der Waals surface area contributed by atoms with Crippen LogP contribution in [0.25, 0.3) is 11.1 Å². The average Bonchev–Trinajstić information content (AvgIpc) is 2.80. The average molecular weight is 462 g/mol. The zero-order chi connectivity index (χ0) is 23.1. The number of benzene rings is 1. The van der Waals surface area contributed by atoms with Gasteiger partial charge in [-0.1, -0.05) is 20.3 Å². The van der Waals surface area contributed by atoms with E-state index >= 15 is 0 Å². The molecule has 0 unspecified atom stereocenters. The molecule has 2 aromatic rings. The lowest BCUT2D eigenvalue weighted by molar-refractivity contribution is 0.151. The monoisotopic (exact) mass is 461 g/mol. The standard InChI is InChI=1S/C24H35N3O4S/c1-4-6-20-16-21(18-25-19(20)3)23-17-22(7-8-24(23)31-15-5-2)32(29,30)27-11-9-26(10-12-27)13-14-28/h7-8,16-18,28H,4-6,9-15H2,1-3H3. The Morgan fingerprint density at radius 3 is 2.50 bits per heavy atom. The second kappa shape index (κ2) is 11.2. The molecule has 1 saturated heterocycles. The molecule has 0 saturated carbocycles. The highest BCUT2D eigenvalue weighted by Crippen LogP contribution is 2.34. The van der Waals surface area contributed by atoms with Crippen LogP contribution in [0.15, 0.2) is 35.4 Å². The predicted octanol–water partition coefficient (Wildman–Crippen LogP) is 3.10. The number of β-amino-alcohol motifs (C(OH)–C–C–N with tert-alkyl or cyclic N) is 1. The maximum Gasteiger partial charge on any atom is 0.243 e. The SMILES string of the molecule is CCCOc1ccc(S(=O)(=O)N2CCN(CCO)CC2)cc1-c1cnc(C)c(CCC)c1. The van der Waals surface area contributed by atoms with Gasteiger partial charge in [-0.3, -0.25) is 9.88 Å². The van der Waals surface area contributed by atoms with Crippen LogP contribution in [0.1, 0.15) is 37.9 Å². The number of hydrogen-bond acceptors (Lipinski definition) is 6. The van der Waals surface area contributed by atoms with Crippen LogP contribution < -0.4 is 4.74 Å². The van der Waals surface area contributed by atoms with Crippen molar-refractivity contribution in [3.63, 3.8) is 0 Å². The van der Waals surface area contributed by atoms with Crippen LogP contribution in [0.4, 0.5) is 0 Å². The first-order valence-electron chi connectivity index (χ1n) is 11.5. The predicted molar refractivity (Wildman–Crippen MR) is 126 cm³/mol. The van der Waals surface area contributed by atoms with Gasteiger partial charge in [0, 0.05) is 55.7 Å². The maximum atomic E-state index is 13.4. The maximum absolute atomic E-state index is 13.4. The minimum Gasteiger partial charge on any atom is -0.493 e. The van der Waals surface area contributed by atoms with E-state index in [1.807, 2.05) is 13.8 Å². The fourth-order valence-electron chi connectivity index (χ4n) is 3.97. The Kier molecular flexibility index (Phi) is 8.64. The number of piperazine rings is 1. The van der Waals surface area contributed by atoms with Crippen LogP contribution >= 0.6 is 0 Å². The molecule has 0 atom stereocenters. The third kappa shape index (κ3) is 5.67. The van der Waals surface area contributed by atoms with Gasteiger partial charge in [-0.25, -0.2) is 8.42 Å². The Balaban J connectivity index is 1.96. The van der Waals surface area contributed by atoms with Gasteiger partial charge in [-0.05, 0) is 49.6 Å². The van der Waals surface area contributed by atoms with Gasteiger partial charge in [0.05, 0.1) is 18.1 Å². The van der Waals surface area contributed by atoms with Gasteiger partial charge in [-0.15, -0.1) is 0 Å². The summed E-state index contributed by atoms with van der Waals surface area (Å²) in [5.41, 5.74) is 3.79. The van der Waals surface area contributed by atoms with Crippen molar-refractivity contribution in [2.75, 3.05) is 45.9 Å². The summed E-state index contributed by atoms with van der Waals surface area (Å²) in [6, 6.07) is 7.23. The van der Waals surface area contributed by atoms with Gasteiger partial charge in [0.2, 0.25) is 10.0 Å². The largest absolute Gasteiger partial charge is 0.493 e. The zero-order valence-corrected chi connectivity index (χ0v) is 20.2. The molecule has 1 aliphatic heterocycles. The van der Waals surface area contributed by atoms with Crippen LogP contribution in [0.2, 0.25) is 0 Å². The first-order valence-corrected chi connectivity index (χ1v) is 12.9. The summed E-state index contributed by atoms with van der Waals surface area (Å²) in [5, 5.41) is 9.13. The highest BCUT2D eigenvalue weighted by atomic mass is 32.2. The van der Waals surface area contributed by atoms with Gasteiger partial charge >= 0.3 is 0 Å². The van der Waals surface area contributed by atoms with Crippen LogP contribution in [0.3, 0.4) is 0 Å². The Bertz CT molecular complexity index is 1000. The molecule has 0 bridgehead atoms. The third-order valence-corrected chi connectivity index (χ3v) is 7.71. The number of ether oxygens (including phenoxy) is 1. The topological polar surface area (TPSA) is 83.0 Å². The number of aryl methyl sites for hydroxylation is 2. The minimum atomic E-state index is -3.63.